The second-order valence-corrected chi connectivity index (χ2v) is 9.41. The van der Waals surface area contributed by atoms with Gasteiger partial charge in [0.25, 0.3) is 0 Å². The zero-order valence-electron chi connectivity index (χ0n) is 20.6. The minimum atomic E-state index is -3.00. The van der Waals surface area contributed by atoms with Gasteiger partial charge in [-0.15, -0.1) is 0 Å². The maximum atomic E-state index is 15.2. The molecule has 0 aliphatic carbocycles. The summed E-state index contributed by atoms with van der Waals surface area (Å²) in [5.41, 5.74) is 6.07. The molecule has 3 aromatic carbocycles. The van der Waals surface area contributed by atoms with Crippen LogP contribution in [0.2, 0.25) is 0 Å². The number of nitrogens with two attached hydrogens (primary N) is 1. The lowest BCUT2D eigenvalue weighted by molar-refractivity contribution is -0.128. The lowest BCUT2D eigenvalue weighted by Gasteiger charge is -2.37. The van der Waals surface area contributed by atoms with Crippen LogP contribution in [-0.4, -0.2) is 48.0 Å². The van der Waals surface area contributed by atoms with Crippen LogP contribution in [0.3, 0.4) is 0 Å². The number of hydrogen-bond acceptors (Lipinski definition) is 7. The average molecular weight is 548 g/mol. The molecular weight excluding hydrogens is 523 g/mol. The number of carbonyl (C=O) groups is 1. The van der Waals surface area contributed by atoms with Gasteiger partial charge in [0, 0.05) is 24.9 Å². The van der Waals surface area contributed by atoms with Gasteiger partial charge in [-0.1, -0.05) is 18.2 Å². The number of hydrogen-bond donors (Lipinski definition) is 1. The van der Waals surface area contributed by atoms with E-state index in [2.05, 4.69) is 9.73 Å². The van der Waals surface area contributed by atoms with Crippen LogP contribution in [0.1, 0.15) is 17.5 Å². The van der Waals surface area contributed by atoms with Crippen molar-refractivity contribution in [1.82, 2.24) is 4.90 Å². The summed E-state index contributed by atoms with van der Waals surface area (Å²) >= 11 is -1.63. The Morgan fingerprint density at radius 2 is 1.68 bits per heavy atom. The molecule has 1 amide bonds. The molecule has 0 saturated carbocycles. The third kappa shape index (κ3) is 5.44. The second kappa shape index (κ2) is 10.7. The Labute approximate surface area is 219 Å². The Bertz CT molecular complexity index is 1420. The SMILES string of the molecule is COc1cc(OS(C)=O)cc(-c2cc(C3(c4ccc(OC(F)F)cc4)CC(=O)N(C)C(N)=N3)ccc2F)c1. The Hall–Kier alpha value is -4.06. The smallest absolute Gasteiger partial charge is 0.387 e. The maximum Gasteiger partial charge on any atom is 0.387 e. The number of alkyl halides is 2. The minimum Gasteiger partial charge on any atom is -0.497 e. The monoisotopic (exact) mass is 547 g/mol. The van der Waals surface area contributed by atoms with E-state index in [1.165, 1.54) is 79.9 Å². The summed E-state index contributed by atoms with van der Waals surface area (Å²) in [5.74, 6) is -0.536. The van der Waals surface area contributed by atoms with Crippen molar-refractivity contribution in [2.45, 2.75) is 18.6 Å². The Kier molecular flexibility index (Phi) is 7.63. The second-order valence-electron chi connectivity index (χ2n) is 8.44. The fraction of sp³-hybridized carbons (Fsp3) is 0.231. The van der Waals surface area contributed by atoms with Gasteiger partial charge in [0.05, 0.1) is 13.5 Å². The van der Waals surface area contributed by atoms with E-state index in [0.29, 0.717) is 22.4 Å². The standard InChI is InChI=1S/C26H24F3N3O5S/c1-32-23(33)14-26(31-25(32)30,16-4-7-18(8-5-16)36-24(28)29)17-6-9-22(27)21(12-17)15-10-19(35-2)13-20(11-15)37-38(3)34/h4-13,24H,14H2,1-3H3,(H2,30,31). The minimum absolute atomic E-state index is 0.0671. The molecule has 12 heteroatoms. The number of halogens is 3. The quantitative estimate of drug-likeness (QED) is 0.454. The van der Waals surface area contributed by atoms with Crippen molar-refractivity contribution in [3.63, 3.8) is 0 Å². The van der Waals surface area contributed by atoms with E-state index >= 15 is 4.39 Å². The van der Waals surface area contributed by atoms with Crippen molar-refractivity contribution >= 4 is 22.9 Å². The zero-order chi connectivity index (χ0) is 27.6. The third-order valence-electron chi connectivity index (χ3n) is 6.07. The number of methoxy groups -OCH3 is 1. The lowest BCUT2D eigenvalue weighted by atomic mass is 9.78. The first kappa shape index (κ1) is 27.0. The van der Waals surface area contributed by atoms with E-state index in [4.69, 9.17) is 14.7 Å². The lowest BCUT2D eigenvalue weighted by Crippen LogP contribution is -2.49. The van der Waals surface area contributed by atoms with Crippen molar-refractivity contribution in [2.24, 2.45) is 10.7 Å². The van der Waals surface area contributed by atoms with E-state index < -0.39 is 29.0 Å². The number of carbonyl (C=O) groups excluding carboxylic acids is 1. The number of guanidine groups is 1. The van der Waals surface area contributed by atoms with Crippen LogP contribution in [0.4, 0.5) is 13.2 Å². The van der Waals surface area contributed by atoms with Crippen LogP contribution in [0.25, 0.3) is 11.1 Å². The number of aliphatic imine (C=N–C) groups is 1. The summed E-state index contributed by atoms with van der Waals surface area (Å²) < 4.78 is 67.2. The van der Waals surface area contributed by atoms with Gasteiger partial charge in [-0.3, -0.25) is 9.69 Å². The van der Waals surface area contributed by atoms with Gasteiger partial charge in [-0.05, 0) is 53.1 Å². The highest BCUT2D eigenvalue weighted by atomic mass is 32.2. The van der Waals surface area contributed by atoms with Gasteiger partial charge in [0.1, 0.15) is 28.6 Å². The summed E-state index contributed by atoms with van der Waals surface area (Å²) in [4.78, 5) is 18.8. The first-order valence-corrected chi connectivity index (χ1v) is 12.7. The van der Waals surface area contributed by atoms with Crippen LogP contribution < -0.4 is 19.4 Å². The predicted octanol–water partition coefficient (Wildman–Crippen LogP) is 4.20. The molecule has 1 heterocycles. The van der Waals surface area contributed by atoms with Crippen LogP contribution in [-0.2, 0) is 21.4 Å². The molecule has 2 unspecified atom stereocenters. The van der Waals surface area contributed by atoms with E-state index in [9.17, 15) is 17.8 Å². The molecule has 0 spiro atoms. The summed E-state index contributed by atoms with van der Waals surface area (Å²) in [7, 11) is 2.91. The third-order valence-corrected chi connectivity index (χ3v) is 6.50. The molecule has 0 aromatic heterocycles. The maximum absolute atomic E-state index is 15.2. The van der Waals surface area contributed by atoms with Crippen LogP contribution in [0.15, 0.2) is 65.7 Å². The molecule has 38 heavy (non-hydrogen) atoms. The molecule has 2 atom stereocenters. The molecule has 2 N–H and O–H groups in total. The average Bonchev–Trinajstić information content (AvgIpc) is 2.86. The molecule has 3 aromatic rings. The van der Waals surface area contributed by atoms with Gasteiger partial charge in [0.2, 0.25) is 17.0 Å². The van der Waals surface area contributed by atoms with Gasteiger partial charge in [-0.2, -0.15) is 8.78 Å². The Balaban J connectivity index is 1.90. The summed E-state index contributed by atoms with van der Waals surface area (Å²) in [5, 5.41) is 0. The van der Waals surface area contributed by atoms with Crippen LogP contribution in [0, 0.1) is 5.82 Å². The first-order valence-electron chi connectivity index (χ1n) is 11.2. The summed E-state index contributed by atoms with van der Waals surface area (Å²) in [6.07, 6.45) is 1.19. The van der Waals surface area contributed by atoms with Crippen molar-refractivity contribution in [2.75, 3.05) is 20.4 Å². The van der Waals surface area contributed by atoms with E-state index in [1.54, 1.807) is 6.07 Å². The van der Waals surface area contributed by atoms with E-state index in [0.717, 1.165) is 0 Å². The number of ether oxygens (including phenoxy) is 2. The normalized spacial score (nSPS) is 18.2. The zero-order valence-corrected chi connectivity index (χ0v) is 21.4. The molecule has 1 aliphatic rings. The number of benzene rings is 3. The number of amides is 1. The molecule has 0 bridgehead atoms. The van der Waals surface area contributed by atoms with Crippen molar-refractivity contribution < 1.29 is 35.8 Å². The van der Waals surface area contributed by atoms with Gasteiger partial charge in [-0.25, -0.2) is 13.6 Å². The molecule has 200 valence electrons. The van der Waals surface area contributed by atoms with Crippen LogP contribution in [0.5, 0.6) is 17.2 Å². The molecule has 0 radical (unpaired) electrons. The summed E-state index contributed by atoms with van der Waals surface area (Å²) in [6, 6.07) is 14.5. The molecule has 0 saturated heterocycles. The van der Waals surface area contributed by atoms with Gasteiger partial charge < -0.3 is 19.4 Å². The Morgan fingerprint density at radius 1 is 1.03 bits per heavy atom. The van der Waals surface area contributed by atoms with E-state index in [-0.39, 0.29) is 35.4 Å². The highest BCUT2D eigenvalue weighted by molar-refractivity contribution is 7.79. The number of rotatable bonds is 8. The number of nitrogens with zero attached hydrogens (tertiary/aromatic N) is 2. The highest BCUT2D eigenvalue weighted by Gasteiger charge is 2.42. The van der Waals surface area contributed by atoms with Crippen molar-refractivity contribution in [3.05, 3.63) is 77.6 Å². The molecular formula is C26H24F3N3O5S. The fourth-order valence-electron chi connectivity index (χ4n) is 4.22. The molecule has 8 nitrogen and oxygen atoms in total. The largest absolute Gasteiger partial charge is 0.497 e. The van der Waals surface area contributed by atoms with Crippen molar-refractivity contribution in [3.8, 4) is 28.4 Å². The fourth-order valence-corrected chi connectivity index (χ4v) is 4.59. The molecule has 1 aliphatic heterocycles. The van der Waals surface area contributed by atoms with Gasteiger partial charge >= 0.3 is 6.61 Å². The summed E-state index contributed by atoms with van der Waals surface area (Å²) in [6.45, 7) is -3.00. The van der Waals surface area contributed by atoms with E-state index in [1.807, 2.05) is 0 Å². The molecule has 0 fully saturated rings. The Morgan fingerprint density at radius 3 is 2.29 bits per heavy atom. The first-order chi connectivity index (χ1) is 18.0. The highest BCUT2D eigenvalue weighted by Crippen LogP contribution is 2.43. The van der Waals surface area contributed by atoms with Crippen molar-refractivity contribution in [1.29, 1.82) is 0 Å². The predicted molar refractivity (Wildman–Crippen MR) is 136 cm³/mol. The topological polar surface area (TPSA) is 103 Å². The van der Waals surface area contributed by atoms with Gasteiger partial charge in [0.15, 0.2) is 5.96 Å². The molecule has 4 rings (SSSR count). The van der Waals surface area contributed by atoms with Crippen LogP contribution >= 0.6 is 0 Å².